The molecule has 0 fully saturated rings. The summed E-state index contributed by atoms with van der Waals surface area (Å²) in [6, 6.07) is 6.56. The molecule has 88 valence electrons. The van der Waals surface area contributed by atoms with Crippen molar-refractivity contribution in [3.63, 3.8) is 0 Å². The molecule has 0 bridgehead atoms. The minimum atomic E-state index is 0.0300. The number of hydrogen-bond donors (Lipinski definition) is 1. The van der Waals surface area contributed by atoms with Crippen LogP contribution in [0.2, 0.25) is 0 Å². The van der Waals surface area contributed by atoms with E-state index >= 15 is 0 Å². The van der Waals surface area contributed by atoms with E-state index in [0.29, 0.717) is 6.54 Å². The molecule has 2 atom stereocenters. The molecular formula is C11H16BrN3S. The monoisotopic (exact) mass is 301 g/mol. The lowest BCUT2D eigenvalue weighted by Gasteiger charge is -2.26. The predicted molar refractivity (Wildman–Crippen MR) is 71.2 cm³/mol. The van der Waals surface area contributed by atoms with Gasteiger partial charge in [0, 0.05) is 18.0 Å². The Labute approximate surface area is 109 Å². The van der Waals surface area contributed by atoms with E-state index in [4.69, 9.17) is 11.0 Å². The molecule has 3 nitrogen and oxygen atoms in total. The first-order valence-corrected chi connectivity index (χ1v) is 6.74. The summed E-state index contributed by atoms with van der Waals surface area (Å²) in [6.45, 7) is 3.24. The van der Waals surface area contributed by atoms with Gasteiger partial charge >= 0.3 is 0 Å². The second kappa shape index (κ2) is 6.36. The zero-order valence-corrected chi connectivity index (χ0v) is 11.9. The Kier molecular flexibility index (Phi) is 5.42. The van der Waals surface area contributed by atoms with Crippen LogP contribution in [0.15, 0.2) is 15.9 Å². The maximum atomic E-state index is 8.80. The maximum absolute atomic E-state index is 8.80. The average Bonchev–Trinajstić information content (AvgIpc) is 2.65. The lowest BCUT2D eigenvalue weighted by molar-refractivity contribution is 0.237. The van der Waals surface area contributed by atoms with Crippen molar-refractivity contribution in [3.8, 4) is 6.07 Å². The van der Waals surface area contributed by atoms with E-state index in [0.717, 1.165) is 10.3 Å². The molecular weight excluding hydrogens is 286 g/mol. The molecule has 16 heavy (non-hydrogen) atoms. The zero-order chi connectivity index (χ0) is 12.1. The number of nitrogens with two attached hydrogens (primary N) is 1. The van der Waals surface area contributed by atoms with Gasteiger partial charge in [-0.15, -0.1) is 11.3 Å². The molecule has 0 radical (unpaired) electrons. The molecule has 1 rings (SSSR count). The standard InChI is InChI=1S/C11H16BrN3S/c1-8(5-13)7-15(2)9(6-14)10-3-4-11(12)16-10/h3-4,8-9H,6-7,14H2,1-2H3. The molecule has 0 aliphatic heterocycles. The van der Waals surface area contributed by atoms with E-state index in [1.54, 1.807) is 11.3 Å². The minimum Gasteiger partial charge on any atom is -0.329 e. The van der Waals surface area contributed by atoms with Crippen LogP contribution in [-0.2, 0) is 0 Å². The van der Waals surface area contributed by atoms with Crippen LogP contribution in [0, 0.1) is 17.2 Å². The van der Waals surface area contributed by atoms with Gasteiger partial charge in [-0.2, -0.15) is 5.26 Å². The van der Waals surface area contributed by atoms with Crippen LogP contribution in [0.1, 0.15) is 17.8 Å². The largest absolute Gasteiger partial charge is 0.329 e. The Bertz CT molecular complexity index is 372. The summed E-state index contributed by atoms with van der Waals surface area (Å²) >= 11 is 5.15. The first-order valence-electron chi connectivity index (χ1n) is 5.13. The summed E-state index contributed by atoms with van der Waals surface area (Å²) < 4.78 is 1.11. The van der Waals surface area contributed by atoms with Gasteiger partial charge in [0.2, 0.25) is 0 Å². The Morgan fingerprint density at radius 3 is 2.75 bits per heavy atom. The van der Waals surface area contributed by atoms with Crippen LogP contribution in [0.4, 0.5) is 0 Å². The number of thiophene rings is 1. The van der Waals surface area contributed by atoms with Crippen LogP contribution in [-0.4, -0.2) is 25.0 Å². The highest BCUT2D eigenvalue weighted by Gasteiger charge is 2.18. The Hall–Kier alpha value is -0.410. The summed E-state index contributed by atoms with van der Waals surface area (Å²) in [5.41, 5.74) is 5.80. The molecule has 1 heterocycles. The van der Waals surface area contributed by atoms with Gasteiger partial charge in [0.1, 0.15) is 0 Å². The highest BCUT2D eigenvalue weighted by Crippen LogP contribution is 2.29. The third kappa shape index (κ3) is 3.56. The summed E-state index contributed by atoms with van der Waals surface area (Å²) in [5.74, 6) is 0.0300. The van der Waals surface area contributed by atoms with Gasteiger partial charge in [0.05, 0.1) is 21.8 Å². The van der Waals surface area contributed by atoms with Gasteiger partial charge in [-0.25, -0.2) is 0 Å². The fourth-order valence-corrected chi connectivity index (χ4v) is 3.22. The SMILES string of the molecule is CC(C#N)CN(C)C(CN)c1ccc(Br)s1. The van der Waals surface area contributed by atoms with Crippen molar-refractivity contribution in [1.82, 2.24) is 4.90 Å². The van der Waals surface area contributed by atoms with Crippen molar-refractivity contribution in [3.05, 3.63) is 20.8 Å². The summed E-state index contributed by atoms with van der Waals surface area (Å²) in [7, 11) is 2.01. The van der Waals surface area contributed by atoms with Crippen molar-refractivity contribution in [1.29, 1.82) is 5.26 Å². The van der Waals surface area contributed by atoms with E-state index in [1.807, 2.05) is 20.0 Å². The summed E-state index contributed by atoms with van der Waals surface area (Å²) in [4.78, 5) is 3.38. The van der Waals surface area contributed by atoms with Crippen molar-refractivity contribution in [2.75, 3.05) is 20.1 Å². The molecule has 0 aromatic carbocycles. The molecule has 0 aliphatic carbocycles. The number of rotatable bonds is 5. The van der Waals surface area contributed by atoms with E-state index in [1.165, 1.54) is 4.88 Å². The maximum Gasteiger partial charge on any atom is 0.0702 e. The molecule has 0 saturated heterocycles. The fraction of sp³-hybridized carbons (Fsp3) is 0.545. The minimum absolute atomic E-state index is 0.0300. The third-order valence-electron chi connectivity index (χ3n) is 2.46. The van der Waals surface area contributed by atoms with Crippen molar-refractivity contribution in [2.45, 2.75) is 13.0 Å². The zero-order valence-electron chi connectivity index (χ0n) is 9.48. The van der Waals surface area contributed by atoms with Gasteiger partial charge < -0.3 is 5.73 Å². The first kappa shape index (κ1) is 13.7. The molecule has 0 amide bonds. The van der Waals surface area contributed by atoms with E-state index in [2.05, 4.69) is 33.0 Å². The van der Waals surface area contributed by atoms with Gasteiger partial charge in [0.15, 0.2) is 0 Å². The van der Waals surface area contributed by atoms with Crippen LogP contribution in [0.5, 0.6) is 0 Å². The number of hydrogen-bond acceptors (Lipinski definition) is 4. The number of nitrogens with zero attached hydrogens (tertiary/aromatic N) is 2. The second-order valence-corrected chi connectivity index (χ2v) is 6.36. The van der Waals surface area contributed by atoms with Crippen LogP contribution in [0.25, 0.3) is 0 Å². The Morgan fingerprint density at radius 2 is 2.31 bits per heavy atom. The summed E-state index contributed by atoms with van der Waals surface area (Å²) in [6.07, 6.45) is 0. The molecule has 2 unspecified atom stereocenters. The molecule has 0 spiro atoms. The molecule has 1 aromatic rings. The summed E-state index contributed by atoms with van der Waals surface area (Å²) in [5, 5.41) is 8.80. The van der Waals surface area contributed by atoms with Crippen molar-refractivity contribution >= 4 is 27.3 Å². The van der Waals surface area contributed by atoms with E-state index in [9.17, 15) is 0 Å². The third-order valence-corrected chi connectivity index (χ3v) is 4.18. The topological polar surface area (TPSA) is 53.0 Å². The van der Waals surface area contributed by atoms with Crippen LogP contribution < -0.4 is 5.73 Å². The lowest BCUT2D eigenvalue weighted by Crippen LogP contribution is -2.32. The van der Waals surface area contributed by atoms with Gasteiger partial charge in [-0.1, -0.05) is 0 Å². The molecule has 0 aliphatic rings. The van der Waals surface area contributed by atoms with E-state index in [-0.39, 0.29) is 12.0 Å². The van der Waals surface area contributed by atoms with Crippen molar-refractivity contribution in [2.24, 2.45) is 11.7 Å². The van der Waals surface area contributed by atoms with Gasteiger partial charge in [-0.05, 0) is 42.0 Å². The van der Waals surface area contributed by atoms with Crippen LogP contribution >= 0.6 is 27.3 Å². The highest BCUT2D eigenvalue weighted by atomic mass is 79.9. The Morgan fingerprint density at radius 1 is 1.62 bits per heavy atom. The molecule has 1 aromatic heterocycles. The first-order chi connectivity index (χ1) is 7.58. The molecule has 2 N–H and O–H groups in total. The Balaban J connectivity index is 2.71. The van der Waals surface area contributed by atoms with Crippen LogP contribution in [0.3, 0.4) is 0 Å². The fourth-order valence-electron chi connectivity index (χ4n) is 1.62. The highest BCUT2D eigenvalue weighted by molar-refractivity contribution is 9.11. The van der Waals surface area contributed by atoms with Crippen molar-refractivity contribution < 1.29 is 0 Å². The van der Waals surface area contributed by atoms with Gasteiger partial charge in [0.25, 0.3) is 0 Å². The second-order valence-electron chi connectivity index (χ2n) is 3.86. The smallest absolute Gasteiger partial charge is 0.0702 e. The molecule has 5 heteroatoms. The number of likely N-dealkylation sites (N-methyl/N-ethyl adjacent to an activating group) is 1. The van der Waals surface area contributed by atoms with E-state index < -0.39 is 0 Å². The number of nitriles is 1. The van der Waals surface area contributed by atoms with Gasteiger partial charge in [-0.3, -0.25) is 4.90 Å². The normalized spacial score (nSPS) is 14.8. The molecule has 0 saturated carbocycles. The lowest BCUT2D eigenvalue weighted by atomic mass is 10.1. The average molecular weight is 302 g/mol. The quantitative estimate of drug-likeness (QED) is 0.909. The predicted octanol–water partition coefficient (Wildman–Crippen LogP) is 2.60. The number of halogens is 1.